The predicted octanol–water partition coefficient (Wildman–Crippen LogP) is 5.36. The molecule has 10 nitrogen and oxygen atoms in total. The highest BCUT2D eigenvalue weighted by molar-refractivity contribution is 5.83. The summed E-state index contributed by atoms with van der Waals surface area (Å²) in [7, 11) is 0. The van der Waals surface area contributed by atoms with E-state index in [9.17, 15) is 29.1 Å². The standard InChI is InChI=1S/C35H55NO9/c1-6-14-36(15-7-2)20-31(41)45-28-19-35(5)26(21(3)37)10-11-27(35)25-9-8-23-18-24(12-13-34(23,4)32(25)28)44-30(40)17-22(33(42)43)16-29(38)39/h22-28,32H,6-20H2,1-5H3,(H,38,39)(H,42,43)/t22?,23?,24?,25-,26+,27-,28?,32+,34-,35+/m0/s1. The fraction of sp³-hybridized carbons (Fsp3) is 0.857. The Labute approximate surface area is 268 Å². The van der Waals surface area contributed by atoms with Crippen molar-refractivity contribution >= 4 is 29.7 Å². The molecule has 0 radical (unpaired) electrons. The van der Waals surface area contributed by atoms with Crippen LogP contribution in [0, 0.1) is 46.3 Å². The molecule has 4 unspecified atom stereocenters. The number of carboxylic acid groups (broad SMARTS) is 2. The number of hydrogen-bond donors (Lipinski definition) is 2. The molecular weight excluding hydrogens is 578 g/mol. The van der Waals surface area contributed by atoms with Gasteiger partial charge >= 0.3 is 23.9 Å². The zero-order chi connectivity index (χ0) is 33.1. The number of esters is 2. The molecule has 0 spiro atoms. The number of carbonyl (C=O) groups is 5. The normalized spacial score (nSPS) is 36.3. The molecule has 10 atom stereocenters. The van der Waals surface area contributed by atoms with Gasteiger partial charge in [0.1, 0.15) is 18.0 Å². The first kappa shape index (κ1) is 35.4. The average Bonchev–Trinajstić information content (AvgIpc) is 3.29. The van der Waals surface area contributed by atoms with Crippen LogP contribution in [0.15, 0.2) is 0 Å². The fourth-order valence-corrected chi connectivity index (χ4v) is 10.4. The number of Topliss-reactive ketones (excluding diaryl/α,β-unsaturated/α-hetero) is 1. The highest BCUT2D eigenvalue weighted by atomic mass is 16.5. The molecule has 4 fully saturated rings. The lowest BCUT2D eigenvalue weighted by molar-refractivity contribution is -0.202. The lowest BCUT2D eigenvalue weighted by atomic mass is 9.43. The van der Waals surface area contributed by atoms with E-state index in [2.05, 4.69) is 32.6 Å². The van der Waals surface area contributed by atoms with Gasteiger partial charge in [0.25, 0.3) is 0 Å². The smallest absolute Gasteiger partial charge is 0.320 e. The quantitative estimate of drug-likeness (QED) is 0.240. The largest absolute Gasteiger partial charge is 0.481 e. The molecule has 4 aliphatic carbocycles. The molecule has 0 amide bonds. The first-order valence-electron chi connectivity index (χ1n) is 17.3. The van der Waals surface area contributed by atoms with Crippen molar-refractivity contribution in [2.45, 2.75) is 124 Å². The van der Waals surface area contributed by atoms with Crippen molar-refractivity contribution in [1.29, 1.82) is 0 Å². The van der Waals surface area contributed by atoms with Crippen LogP contribution < -0.4 is 0 Å². The fourth-order valence-electron chi connectivity index (χ4n) is 10.4. The van der Waals surface area contributed by atoms with Crippen LogP contribution in [0.1, 0.15) is 112 Å². The van der Waals surface area contributed by atoms with E-state index in [-0.39, 0.29) is 59.1 Å². The van der Waals surface area contributed by atoms with E-state index in [4.69, 9.17) is 14.6 Å². The minimum Gasteiger partial charge on any atom is -0.481 e. The maximum Gasteiger partial charge on any atom is 0.320 e. The van der Waals surface area contributed by atoms with Crippen molar-refractivity contribution in [2.24, 2.45) is 46.3 Å². The number of carboxylic acids is 2. The molecule has 0 aromatic carbocycles. The summed E-state index contributed by atoms with van der Waals surface area (Å²) in [5, 5.41) is 18.4. The maximum absolute atomic E-state index is 13.5. The number of ketones is 1. The second-order valence-corrected chi connectivity index (χ2v) is 15.1. The average molecular weight is 634 g/mol. The van der Waals surface area contributed by atoms with Crippen LogP contribution in [-0.2, 0) is 33.4 Å². The van der Waals surface area contributed by atoms with Crippen molar-refractivity contribution in [2.75, 3.05) is 19.6 Å². The predicted molar refractivity (Wildman–Crippen MR) is 166 cm³/mol. The Morgan fingerprint density at radius 1 is 0.867 bits per heavy atom. The van der Waals surface area contributed by atoms with Gasteiger partial charge in [-0.2, -0.15) is 0 Å². The molecule has 4 saturated carbocycles. The zero-order valence-corrected chi connectivity index (χ0v) is 27.9. The summed E-state index contributed by atoms with van der Waals surface area (Å²) < 4.78 is 12.3. The lowest BCUT2D eigenvalue weighted by Crippen LogP contribution is -2.60. The highest BCUT2D eigenvalue weighted by Crippen LogP contribution is 2.68. The molecule has 2 N–H and O–H groups in total. The van der Waals surface area contributed by atoms with Crippen molar-refractivity contribution in [3.63, 3.8) is 0 Å². The van der Waals surface area contributed by atoms with Crippen LogP contribution in [0.2, 0.25) is 0 Å². The van der Waals surface area contributed by atoms with Gasteiger partial charge in [0, 0.05) is 11.8 Å². The molecule has 254 valence electrons. The van der Waals surface area contributed by atoms with Crippen molar-refractivity contribution in [3.05, 3.63) is 0 Å². The Balaban J connectivity index is 1.53. The number of hydrogen-bond acceptors (Lipinski definition) is 8. The number of carbonyl (C=O) groups excluding carboxylic acids is 3. The van der Waals surface area contributed by atoms with E-state index in [1.807, 2.05) is 0 Å². The molecule has 0 saturated heterocycles. The van der Waals surface area contributed by atoms with Crippen molar-refractivity contribution in [1.82, 2.24) is 4.90 Å². The summed E-state index contributed by atoms with van der Waals surface area (Å²) in [6.07, 6.45) is 6.79. The second-order valence-electron chi connectivity index (χ2n) is 15.1. The second kappa shape index (κ2) is 14.5. The van der Waals surface area contributed by atoms with Gasteiger partial charge in [-0.1, -0.05) is 27.7 Å². The van der Waals surface area contributed by atoms with Crippen LogP contribution in [0.3, 0.4) is 0 Å². The Bertz CT molecular complexity index is 1120. The third-order valence-electron chi connectivity index (χ3n) is 12.2. The van der Waals surface area contributed by atoms with Crippen LogP contribution in [0.5, 0.6) is 0 Å². The third kappa shape index (κ3) is 7.57. The maximum atomic E-state index is 13.5. The molecule has 45 heavy (non-hydrogen) atoms. The molecule has 0 aliphatic heterocycles. The number of ether oxygens (including phenoxy) is 2. The van der Waals surface area contributed by atoms with Crippen LogP contribution in [-0.4, -0.2) is 76.6 Å². The van der Waals surface area contributed by atoms with Gasteiger partial charge in [-0.15, -0.1) is 0 Å². The van der Waals surface area contributed by atoms with Crippen molar-refractivity contribution < 1.29 is 43.7 Å². The van der Waals surface area contributed by atoms with Crippen LogP contribution >= 0.6 is 0 Å². The number of rotatable bonds is 14. The Kier molecular flexibility index (Phi) is 11.4. The SMILES string of the molecule is CCCN(CCC)CC(=O)OC1C[C@]2(C)[C@@H](C(C)=O)CC[C@H]2[C@@H]2CCC3CC(OC(=O)CC(CC(=O)O)C(=O)O)CC[C@]3(C)[C@@H]12. The minimum atomic E-state index is -1.32. The topological polar surface area (TPSA) is 148 Å². The highest BCUT2D eigenvalue weighted by Gasteiger charge is 2.65. The van der Waals surface area contributed by atoms with Gasteiger partial charge in [0.15, 0.2) is 0 Å². The van der Waals surface area contributed by atoms with Gasteiger partial charge < -0.3 is 19.7 Å². The van der Waals surface area contributed by atoms with Crippen molar-refractivity contribution in [3.8, 4) is 0 Å². The van der Waals surface area contributed by atoms with E-state index in [0.29, 0.717) is 31.1 Å². The molecule has 0 aromatic rings. The van der Waals surface area contributed by atoms with E-state index in [1.54, 1.807) is 6.92 Å². The first-order chi connectivity index (χ1) is 21.2. The van der Waals surface area contributed by atoms with Gasteiger partial charge in [0.2, 0.25) is 0 Å². The Morgan fingerprint density at radius 3 is 2.16 bits per heavy atom. The molecule has 0 heterocycles. The summed E-state index contributed by atoms with van der Waals surface area (Å²) >= 11 is 0. The van der Waals surface area contributed by atoms with Crippen LogP contribution in [0.4, 0.5) is 0 Å². The number of nitrogens with zero attached hydrogens (tertiary/aromatic N) is 1. The summed E-state index contributed by atoms with van der Waals surface area (Å²) in [5.41, 5.74) is -0.330. The first-order valence-corrected chi connectivity index (χ1v) is 17.3. The number of fused-ring (bicyclic) bond motifs is 5. The van der Waals surface area contributed by atoms with E-state index in [1.165, 1.54) is 0 Å². The molecule has 4 aliphatic rings. The minimum absolute atomic E-state index is 0.0160. The lowest BCUT2D eigenvalue weighted by Gasteiger charge is -2.62. The Morgan fingerprint density at radius 2 is 1.56 bits per heavy atom. The molecular formula is C35H55NO9. The van der Waals surface area contributed by atoms with E-state index in [0.717, 1.165) is 58.0 Å². The van der Waals surface area contributed by atoms with Gasteiger partial charge in [-0.25, -0.2) is 0 Å². The molecule has 4 rings (SSSR count). The van der Waals surface area contributed by atoms with E-state index >= 15 is 0 Å². The Hall–Kier alpha value is -2.49. The van der Waals surface area contributed by atoms with Gasteiger partial charge in [-0.3, -0.25) is 28.9 Å². The summed E-state index contributed by atoms with van der Waals surface area (Å²) in [5.74, 6) is -3.40. The molecule has 0 bridgehead atoms. The number of aliphatic carboxylic acids is 2. The third-order valence-corrected chi connectivity index (χ3v) is 12.2. The van der Waals surface area contributed by atoms with Crippen LogP contribution in [0.25, 0.3) is 0 Å². The summed E-state index contributed by atoms with van der Waals surface area (Å²) in [6, 6.07) is 0. The van der Waals surface area contributed by atoms with Gasteiger partial charge in [-0.05, 0) is 113 Å². The summed E-state index contributed by atoms with van der Waals surface area (Å²) in [4.78, 5) is 63.8. The summed E-state index contributed by atoms with van der Waals surface area (Å²) in [6.45, 7) is 12.5. The molecule has 10 heteroatoms. The van der Waals surface area contributed by atoms with Gasteiger partial charge in [0.05, 0.1) is 25.3 Å². The monoisotopic (exact) mass is 633 g/mol. The zero-order valence-electron chi connectivity index (χ0n) is 27.9. The van der Waals surface area contributed by atoms with E-state index < -0.39 is 36.7 Å². The molecule has 0 aromatic heterocycles.